The van der Waals surface area contributed by atoms with Crippen LogP contribution in [0.4, 0.5) is 0 Å². The van der Waals surface area contributed by atoms with Gasteiger partial charge in [0.05, 0.1) is 18.2 Å². The minimum absolute atomic E-state index is 0.244. The summed E-state index contributed by atoms with van der Waals surface area (Å²) in [6, 6.07) is 6.35. The Morgan fingerprint density at radius 2 is 1.95 bits per heavy atom. The van der Waals surface area contributed by atoms with Gasteiger partial charge in [0.1, 0.15) is 5.75 Å². The van der Waals surface area contributed by atoms with E-state index in [1.54, 1.807) is 49.3 Å². The van der Waals surface area contributed by atoms with Crippen molar-refractivity contribution >= 4 is 10.0 Å². The predicted molar refractivity (Wildman–Crippen MR) is 79.5 cm³/mol. The number of ether oxygens (including phenoxy) is 1. The molecule has 0 aliphatic carbocycles. The van der Waals surface area contributed by atoms with Crippen molar-refractivity contribution in [2.45, 2.75) is 24.9 Å². The van der Waals surface area contributed by atoms with Crippen LogP contribution in [0.3, 0.4) is 0 Å². The fourth-order valence-electron chi connectivity index (χ4n) is 1.93. The first-order chi connectivity index (χ1) is 9.97. The molecule has 0 saturated carbocycles. The van der Waals surface area contributed by atoms with Crippen LogP contribution in [0.2, 0.25) is 0 Å². The number of aryl methyl sites for hydroxylation is 1. The topological polar surface area (TPSA) is 64.4 Å². The summed E-state index contributed by atoms with van der Waals surface area (Å²) in [5.74, 6) is 0.626. The zero-order chi connectivity index (χ0) is 15.5. The van der Waals surface area contributed by atoms with Gasteiger partial charge < -0.3 is 4.74 Å². The zero-order valence-corrected chi connectivity index (χ0v) is 13.2. The Labute approximate surface area is 125 Å². The molecule has 6 nitrogen and oxygen atoms in total. The molecule has 0 N–H and O–H groups in total. The Hall–Kier alpha value is -1.86. The van der Waals surface area contributed by atoms with E-state index < -0.39 is 10.0 Å². The van der Waals surface area contributed by atoms with Crippen molar-refractivity contribution < 1.29 is 13.2 Å². The molecule has 0 atom stereocenters. The van der Waals surface area contributed by atoms with Crippen molar-refractivity contribution in [1.82, 2.24) is 14.1 Å². The molecule has 1 aromatic heterocycles. The normalized spacial score (nSPS) is 11.8. The molecule has 2 aromatic rings. The first-order valence-electron chi connectivity index (χ1n) is 6.59. The molecule has 1 aromatic carbocycles. The van der Waals surface area contributed by atoms with Gasteiger partial charge in [-0.25, -0.2) is 8.42 Å². The first-order valence-corrected chi connectivity index (χ1v) is 8.03. The molecule has 114 valence electrons. The van der Waals surface area contributed by atoms with E-state index in [1.807, 2.05) is 13.1 Å². The molecule has 2 rings (SSSR count). The lowest BCUT2D eigenvalue weighted by Gasteiger charge is -2.16. The summed E-state index contributed by atoms with van der Waals surface area (Å²) in [6.45, 7) is 3.03. The summed E-state index contributed by atoms with van der Waals surface area (Å²) in [4.78, 5) is 0.244. The van der Waals surface area contributed by atoms with E-state index in [4.69, 9.17) is 4.74 Å². The van der Waals surface area contributed by atoms with Crippen molar-refractivity contribution in [3.63, 3.8) is 0 Å². The summed E-state index contributed by atoms with van der Waals surface area (Å²) in [5.41, 5.74) is 0.858. The van der Waals surface area contributed by atoms with Crippen LogP contribution in [-0.2, 0) is 23.1 Å². The number of hydrogen-bond donors (Lipinski definition) is 0. The Morgan fingerprint density at radius 1 is 1.29 bits per heavy atom. The van der Waals surface area contributed by atoms with Gasteiger partial charge in [-0.15, -0.1) is 0 Å². The molecule has 0 unspecified atom stereocenters. The highest BCUT2D eigenvalue weighted by Crippen LogP contribution is 2.19. The fraction of sp³-hybridized carbons (Fsp3) is 0.357. The molecule has 7 heteroatoms. The monoisotopic (exact) mass is 309 g/mol. The lowest BCUT2D eigenvalue weighted by molar-refractivity contribution is 0.414. The molecule has 0 bridgehead atoms. The second-order valence-electron chi connectivity index (χ2n) is 4.64. The van der Waals surface area contributed by atoms with Crippen molar-refractivity contribution in [2.24, 2.45) is 0 Å². The molecular formula is C14H19N3O3S. The SMILES string of the molecule is CCn1cc(CN(C)S(=O)(=O)c2ccc(OC)cc2)cn1. The highest BCUT2D eigenvalue weighted by molar-refractivity contribution is 7.89. The number of sulfonamides is 1. The minimum Gasteiger partial charge on any atom is -0.497 e. The molecule has 0 fully saturated rings. The maximum Gasteiger partial charge on any atom is 0.243 e. The first kappa shape index (κ1) is 15.5. The van der Waals surface area contributed by atoms with Gasteiger partial charge in [0, 0.05) is 31.9 Å². The van der Waals surface area contributed by atoms with Gasteiger partial charge in [-0.3, -0.25) is 4.68 Å². The number of methoxy groups -OCH3 is 1. The second kappa shape index (κ2) is 6.28. The number of aromatic nitrogens is 2. The summed E-state index contributed by atoms with van der Waals surface area (Å²) in [6.07, 6.45) is 3.53. The van der Waals surface area contributed by atoms with Crippen LogP contribution in [0.1, 0.15) is 12.5 Å². The van der Waals surface area contributed by atoms with Gasteiger partial charge in [-0.2, -0.15) is 9.40 Å². The third kappa shape index (κ3) is 3.43. The quantitative estimate of drug-likeness (QED) is 0.815. The van der Waals surface area contributed by atoms with Gasteiger partial charge in [-0.05, 0) is 31.2 Å². The maximum atomic E-state index is 12.5. The third-order valence-corrected chi connectivity index (χ3v) is 5.00. The zero-order valence-electron chi connectivity index (χ0n) is 12.4. The van der Waals surface area contributed by atoms with E-state index in [0.717, 1.165) is 12.1 Å². The number of rotatable bonds is 6. The van der Waals surface area contributed by atoms with Crippen molar-refractivity contribution in [3.05, 3.63) is 42.2 Å². The van der Waals surface area contributed by atoms with E-state index >= 15 is 0 Å². The second-order valence-corrected chi connectivity index (χ2v) is 6.69. The minimum atomic E-state index is -3.52. The Bertz CT molecular complexity index is 693. The van der Waals surface area contributed by atoms with E-state index in [1.165, 1.54) is 4.31 Å². The van der Waals surface area contributed by atoms with Gasteiger partial charge in [0.25, 0.3) is 0 Å². The van der Waals surface area contributed by atoms with E-state index in [2.05, 4.69) is 5.10 Å². The molecule has 0 amide bonds. The van der Waals surface area contributed by atoms with Gasteiger partial charge in [0.15, 0.2) is 0 Å². The maximum absolute atomic E-state index is 12.5. The molecule has 0 saturated heterocycles. The van der Waals surface area contributed by atoms with Crippen molar-refractivity contribution in [3.8, 4) is 5.75 Å². The average Bonchev–Trinajstić information content (AvgIpc) is 2.95. The van der Waals surface area contributed by atoms with Crippen molar-refractivity contribution in [2.75, 3.05) is 14.2 Å². The number of hydrogen-bond acceptors (Lipinski definition) is 4. The summed E-state index contributed by atoms with van der Waals surface area (Å²) < 4.78 is 33.1. The molecule has 0 aliphatic rings. The Balaban J connectivity index is 2.17. The average molecular weight is 309 g/mol. The van der Waals surface area contributed by atoms with Gasteiger partial charge in [0.2, 0.25) is 10.0 Å². The van der Waals surface area contributed by atoms with Gasteiger partial charge >= 0.3 is 0 Å². The van der Waals surface area contributed by atoms with E-state index in [-0.39, 0.29) is 11.4 Å². The highest BCUT2D eigenvalue weighted by Gasteiger charge is 2.21. The van der Waals surface area contributed by atoms with Crippen LogP contribution in [0.5, 0.6) is 5.75 Å². The molecule has 0 spiro atoms. The molecule has 0 aliphatic heterocycles. The van der Waals surface area contributed by atoms with Crippen LogP contribution >= 0.6 is 0 Å². The standard InChI is InChI=1S/C14H19N3O3S/c1-4-17-11-12(9-15-17)10-16(2)21(18,19)14-7-5-13(20-3)6-8-14/h5-9,11H,4,10H2,1-3H3. The predicted octanol–water partition coefficient (Wildman–Crippen LogP) is 1.73. The largest absolute Gasteiger partial charge is 0.497 e. The molecule has 21 heavy (non-hydrogen) atoms. The fourth-order valence-corrected chi connectivity index (χ4v) is 3.09. The van der Waals surface area contributed by atoms with Crippen LogP contribution in [0, 0.1) is 0 Å². The summed E-state index contributed by atoms with van der Waals surface area (Å²) in [7, 11) is -0.418. The van der Waals surface area contributed by atoms with E-state index in [9.17, 15) is 8.42 Å². The molecule has 0 radical (unpaired) electrons. The lowest BCUT2D eigenvalue weighted by Crippen LogP contribution is -2.26. The summed E-state index contributed by atoms with van der Waals surface area (Å²) in [5, 5.41) is 4.14. The van der Waals surface area contributed by atoms with Crippen LogP contribution in [0.15, 0.2) is 41.6 Å². The van der Waals surface area contributed by atoms with Crippen LogP contribution < -0.4 is 4.74 Å². The smallest absolute Gasteiger partial charge is 0.243 e. The number of nitrogens with zero attached hydrogens (tertiary/aromatic N) is 3. The molecular weight excluding hydrogens is 290 g/mol. The lowest BCUT2D eigenvalue weighted by atomic mass is 10.3. The number of benzene rings is 1. The van der Waals surface area contributed by atoms with E-state index in [0.29, 0.717) is 5.75 Å². The van der Waals surface area contributed by atoms with Gasteiger partial charge in [-0.1, -0.05) is 0 Å². The van der Waals surface area contributed by atoms with Crippen molar-refractivity contribution in [1.29, 1.82) is 0 Å². The van der Waals surface area contributed by atoms with Crippen LogP contribution in [-0.4, -0.2) is 36.7 Å². The summed E-state index contributed by atoms with van der Waals surface area (Å²) >= 11 is 0. The third-order valence-electron chi connectivity index (χ3n) is 3.18. The highest BCUT2D eigenvalue weighted by atomic mass is 32.2. The Kier molecular flexibility index (Phi) is 4.64. The molecule has 1 heterocycles. The van der Waals surface area contributed by atoms with Crippen LogP contribution in [0.25, 0.3) is 0 Å². The Morgan fingerprint density at radius 3 is 2.48 bits per heavy atom.